The summed E-state index contributed by atoms with van der Waals surface area (Å²) in [6, 6.07) is 17.8. The van der Waals surface area contributed by atoms with Crippen molar-refractivity contribution in [2.24, 2.45) is 10.1 Å². The molecule has 0 saturated heterocycles. The van der Waals surface area contributed by atoms with Crippen molar-refractivity contribution in [3.8, 4) is 0 Å². The molecule has 2 aromatic carbocycles. The molecule has 24 heavy (non-hydrogen) atoms. The van der Waals surface area contributed by atoms with Crippen LogP contribution in [0.2, 0.25) is 0 Å². The summed E-state index contributed by atoms with van der Waals surface area (Å²) in [5.41, 5.74) is 2.96. The Bertz CT molecular complexity index is 819. The van der Waals surface area contributed by atoms with E-state index in [1.165, 1.54) is 17.3 Å². The maximum absolute atomic E-state index is 12.1. The van der Waals surface area contributed by atoms with Crippen molar-refractivity contribution in [3.05, 3.63) is 60.2 Å². The van der Waals surface area contributed by atoms with Gasteiger partial charge in [0.1, 0.15) is 0 Å². The molecule has 4 rings (SSSR count). The molecule has 1 atom stereocenters. The largest absolute Gasteiger partial charge is 0.325 e. The first-order valence-electron chi connectivity index (χ1n) is 7.78. The molecule has 5 nitrogen and oxygen atoms in total. The molecule has 120 valence electrons. The van der Waals surface area contributed by atoms with Crippen molar-refractivity contribution in [3.63, 3.8) is 0 Å². The first-order chi connectivity index (χ1) is 11.8. The lowest BCUT2D eigenvalue weighted by atomic mass is 10.0. The van der Waals surface area contributed by atoms with Gasteiger partial charge in [-0.05, 0) is 18.2 Å². The number of fused-ring (bicyclic) bond motifs is 3. The number of nitrogens with one attached hydrogen (secondary N) is 1. The van der Waals surface area contributed by atoms with E-state index < -0.39 is 0 Å². The highest BCUT2D eigenvalue weighted by molar-refractivity contribution is 8.14. The van der Waals surface area contributed by atoms with Gasteiger partial charge >= 0.3 is 0 Å². The molecule has 0 aliphatic carbocycles. The number of thioether (sulfide) groups is 1. The fourth-order valence-corrected chi connectivity index (χ4v) is 3.63. The summed E-state index contributed by atoms with van der Waals surface area (Å²) in [6.07, 6.45) is 2.78. The molecule has 6 heteroatoms. The van der Waals surface area contributed by atoms with Crippen molar-refractivity contribution in [1.82, 2.24) is 5.01 Å². The van der Waals surface area contributed by atoms with Crippen LogP contribution in [0.3, 0.4) is 0 Å². The minimum absolute atomic E-state index is 0.0486. The van der Waals surface area contributed by atoms with Gasteiger partial charge in [-0.25, -0.2) is 10.0 Å². The number of para-hydroxylation sites is 2. The number of carbonyl (C=O) groups is 1. The van der Waals surface area contributed by atoms with E-state index in [1.54, 1.807) is 0 Å². The average Bonchev–Trinajstić information content (AvgIpc) is 3.11. The zero-order valence-corrected chi connectivity index (χ0v) is 13.7. The summed E-state index contributed by atoms with van der Waals surface area (Å²) in [5, 5.41) is 10.0. The van der Waals surface area contributed by atoms with Crippen LogP contribution in [0.1, 0.15) is 18.0 Å². The number of aliphatic imine (C=N–C) groups is 1. The van der Waals surface area contributed by atoms with Gasteiger partial charge in [-0.15, -0.1) is 0 Å². The third-order valence-electron chi connectivity index (χ3n) is 3.93. The number of anilines is 1. The second-order valence-corrected chi connectivity index (χ2v) is 6.49. The Morgan fingerprint density at radius 2 is 1.96 bits per heavy atom. The Kier molecular flexibility index (Phi) is 4.04. The fourth-order valence-electron chi connectivity index (χ4n) is 2.83. The Labute approximate surface area is 144 Å². The smallest absolute Gasteiger partial charge is 0.234 e. The number of hydrogen-bond acceptors (Lipinski definition) is 5. The Morgan fingerprint density at radius 1 is 1.17 bits per heavy atom. The number of hydrazone groups is 1. The van der Waals surface area contributed by atoms with Crippen molar-refractivity contribution in [1.29, 1.82) is 0 Å². The quantitative estimate of drug-likeness (QED) is 0.928. The van der Waals surface area contributed by atoms with E-state index >= 15 is 0 Å². The van der Waals surface area contributed by atoms with Gasteiger partial charge in [-0.2, -0.15) is 5.10 Å². The standard InChI is InChI=1S/C18H16N4OS/c23-17(20-13-6-2-1-3-7-13)12-24-18-21-15-9-5-4-8-14(15)16-10-11-19-22(16)18/h1-9,11,16H,10,12H2,(H,20,23). The maximum atomic E-state index is 12.1. The van der Waals surface area contributed by atoms with Crippen LogP contribution in [0.4, 0.5) is 11.4 Å². The summed E-state index contributed by atoms with van der Waals surface area (Å²) < 4.78 is 0. The normalized spacial score (nSPS) is 17.9. The van der Waals surface area contributed by atoms with Crippen molar-refractivity contribution in [2.75, 3.05) is 11.1 Å². The average molecular weight is 336 g/mol. The number of amides is 1. The third-order valence-corrected chi connectivity index (χ3v) is 4.87. The lowest BCUT2D eigenvalue weighted by Crippen LogP contribution is -2.29. The third kappa shape index (κ3) is 2.92. The van der Waals surface area contributed by atoms with Gasteiger partial charge in [-0.1, -0.05) is 48.2 Å². The number of amidine groups is 1. The van der Waals surface area contributed by atoms with E-state index in [0.717, 1.165) is 23.0 Å². The van der Waals surface area contributed by atoms with Gasteiger partial charge in [0.2, 0.25) is 5.91 Å². The number of nitrogens with zero attached hydrogens (tertiary/aromatic N) is 3. The van der Waals surface area contributed by atoms with E-state index in [9.17, 15) is 4.79 Å². The Balaban J connectivity index is 1.47. The van der Waals surface area contributed by atoms with Crippen LogP contribution in [-0.2, 0) is 4.79 Å². The van der Waals surface area contributed by atoms with E-state index in [-0.39, 0.29) is 11.9 Å². The highest BCUT2D eigenvalue weighted by Gasteiger charge is 2.32. The van der Waals surface area contributed by atoms with Crippen molar-refractivity contribution >= 4 is 40.4 Å². The molecule has 2 aliphatic rings. The minimum atomic E-state index is -0.0486. The SMILES string of the molecule is O=C(CSC1=Nc2ccccc2C2CC=NN12)Nc1ccccc1. The van der Waals surface area contributed by atoms with Crippen LogP contribution in [-0.4, -0.2) is 28.1 Å². The van der Waals surface area contributed by atoms with Crippen molar-refractivity contribution < 1.29 is 4.79 Å². The highest BCUT2D eigenvalue weighted by Crippen LogP contribution is 2.40. The molecule has 0 aromatic heterocycles. The monoisotopic (exact) mass is 336 g/mol. The number of benzene rings is 2. The number of rotatable bonds is 3. The summed E-state index contributed by atoms with van der Waals surface area (Å²) in [6.45, 7) is 0. The lowest BCUT2D eigenvalue weighted by molar-refractivity contribution is -0.113. The van der Waals surface area contributed by atoms with Crippen LogP contribution >= 0.6 is 11.8 Å². The summed E-state index contributed by atoms with van der Waals surface area (Å²) in [4.78, 5) is 16.8. The molecule has 2 heterocycles. The molecule has 1 unspecified atom stereocenters. The van der Waals surface area contributed by atoms with Gasteiger partial charge in [0.25, 0.3) is 0 Å². The van der Waals surface area contributed by atoms with E-state index in [1.807, 2.05) is 59.8 Å². The minimum Gasteiger partial charge on any atom is -0.325 e. The Morgan fingerprint density at radius 3 is 2.83 bits per heavy atom. The van der Waals surface area contributed by atoms with E-state index in [0.29, 0.717) is 5.75 Å². The maximum Gasteiger partial charge on any atom is 0.234 e. The molecule has 0 fully saturated rings. The van der Waals surface area contributed by atoms with Crippen LogP contribution in [0.15, 0.2) is 64.7 Å². The second-order valence-electron chi connectivity index (χ2n) is 5.55. The van der Waals surface area contributed by atoms with Crippen molar-refractivity contribution in [2.45, 2.75) is 12.5 Å². The number of carbonyl (C=O) groups excluding carboxylic acids is 1. The van der Waals surface area contributed by atoms with Gasteiger partial charge in [0.15, 0.2) is 5.17 Å². The van der Waals surface area contributed by atoms with E-state index in [4.69, 9.17) is 0 Å². The Hall–Kier alpha value is -2.60. The molecule has 1 N–H and O–H groups in total. The first-order valence-corrected chi connectivity index (χ1v) is 8.77. The predicted octanol–water partition coefficient (Wildman–Crippen LogP) is 3.79. The van der Waals surface area contributed by atoms with Gasteiger partial charge in [0, 0.05) is 23.9 Å². The van der Waals surface area contributed by atoms with Crippen LogP contribution in [0.5, 0.6) is 0 Å². The van der Waals surface area contributed by atoms with Gasteiger partial charge in [-0.3, -0.25) is 4.79 Å². The van der Waals surface area contributed by atoms with E-state index in [2.05, 4.69) is 21.5 Å². The second kappa shape index (κ2) is 6.49. The molecular weight excluding hydrogens is 320 g/mol. The van der Waals surface area contributed by atoms with Crippen LogP contribution < -0.4 is 5.32 Å². The summed E-state index contributed by atoms with van der Waals surface area (Å²) >= 11 is 1.41. The molecular formula is C18H16N4OS. The molecule has 0 saturated carbocycles. The number of hydrogen-bond donors (Lipinski definition) is 1. The molecule has 1 amide bonds. The van der Waals surface area contributed by atoms with Crippen LogP contribution in [0.25, 0.3) is 0 Å². The molecule has 2 aromatic rings. The molecule has 0 bridgehead atoms. The predicted molar refractivity (Wildman–Crippen MR) is 98.8 cm³/mol. The van der Waals surface area contributed by atoms with Gasteiger partial charge in [0.05, 0.1) is 17.5 Å². The topological polar surface area (TPSA) is 57.1 Å². The summed E-state index contributed by atoms with van der Waals surface area (Å²) in [5.74, 6) is 0.252. The van der Waals surface area contributed by atoms with Gasteiger partial charge < -0.3 is 5.32 Å². The van der Waals surface area contributed by atoms with Crippen LogP contribution in [0, 0.1) is 0 Å². The molecule has 0 spiro atoms. The zero-order chi connectivity index (χ0) is 16.4. The zero-order valence-electron chi connectivity index (χ0n) is 12.9. The lowest BCUT2D eigenvalue weighted by Gasteiger charge is -2.29. The summed E-state index contributed by atoms with van der Waals surface area (Å²) in [7, 11) is 0. The fraction of sp³-hybridized carbons (Fsp3) is 0.167. The molecule has 2 aliphatic heterocycles. The highest BCUT2D eigenvalue weighted by atomic mass is 32.2. The molecule has 0 radical (unpaired) electrons. The first kappa shape index (κ1) is 15.0.